The van der Waals surface area contributed by atoms with E-state index in [1.807, 2.05) is 30.3 Å². The maximum absolute atomic E-state index is 10.5. The molecule has 0 spiro atoms. The maximum Gasteiger partial charge on any atom is 0.0861 e. The van der Waals surface area contributed by atoms with Crippen molar-refractivity contribution < 1.29 is 5.11 Å². The van der Waals surface area contributed by atoms with Gasteiger partial charge in [0.2, 0.25) is 0 Å². The van der Waals surface area contributed by atoms with Gasteiger partial charge in [-0.15, -0.1) is 0 Å². The van der Waals surface area contributed by atoms with E-state index in [2.05, 4.69) is 24.3 Å². The van der Waals surface area contributed by atoms with E-state index in [1.165, 1.54) is 11.1 Å². The second-order valence-corrected chi connectivity index (χ2v) is 4.70. The number of rotatable bonds is 1. The molecule has 0 bridgehead atoms. The van der Waals surface area contributed by atoms with Crippen LogP contribution in [0.4, 0.5) is 0 Å². The molecule has 1 N–H and O–H groups in total. The highest BCUT2D eigenvalue weighted by atomic mass is 16.3. The van der Waals surface area contributed by atoms with Crippen molar-refractivity contribution in [1.82, 2.24) is 0 Å². The topological polar surface area (TPSA) is 20.2 Å². The number of aryl methyl sites for hydroxylation is 1. The third kappa shape index (κ3) is 1.87. The lowest BCUT2D eigenvalue weighted by Gasteiger charge is -2.30. The van der Waals surface area contributed by atoms with Gasteiger partial charge in [0.25, 0.3) is 0 Å². The Kier molecular flexibility index (Phi) is 2.69. The standard InChI is InChI=1S/C16H16O/c17-16-14-9-5-4-8-13(14)10-11-15(16)12-6-2-1-3-7-12/h1-9,15-17H,10-11H2. The third-order valence-electron chi connectivity index (χ3n) is 3.71. The predicted octanol–water partition coefficient (Wildman–Crippen LogP) is 3.45. The molecule has 1 aliphatic carbocycles. The van der Waals surface area contributed by atoms with Gasteiger partial charge < -0.3 is 5.11 Å². The summed E-state index contributed by atoms with van der Waals surface area (Å²) in [6, 6.07) is 18.6. The van der Waals surface area contributed by atoms with E-state index in [0.29, 0.717) is 0 Å². The Balaban J connectivity index is 1.97. The normalized spacial score (nSPS) is 23.1. The molecule has 1 heteroatoms. The number of hydrogen-bond acceptors (Lipinski definition) is 1. The molecule has 2 unspecified atom stereocenters. The Labute approximate surface area is 102 Å². The van der Waals surface area contributed by atoms with Crippen molar-refractivity contribution in [3.8, 4) is 0 Å². The number of benzene rings is 2. The van der Waals surface area contributed by atoms with E-state index >= 15 is 0 Å². The van der Waals surface area contributed by atoms with Gasteiger partial charge in [-0.3, -0.25) is 0 Å². The molecule has 0 saturated heterocycles. The summed E-state index contributed by atoms with van der Waals surface area (Å²) < 4.78 is 0. The van der Waals surface area contributed by atoms with Gasteiger partial charge in [-0.2, -0.15) is 0 Å². The van der Waals surface area contributed by atoms with Crippen molar-refractivity contribution in [2.24, 2.45) is 0 Å². The van der Waals surface area contributed by atoms with E-state index in [0.717, 1.165) is 18.4 Å². The summed E-state index contributed by atoms with van der Waals surface area (Å²) in [5.41, 5.74) is 3.65. The van der Waals surface area contributed by atoms with E-state index in [1.54, 1.807) is 0 Å². The van der Waals surface area contributed by atoms with Crippen LogP contribution >= 0.6 is 0 Å². The second kappa shape index (κ2) is 4.34. The van der Waals surface area contributed by atoms with Crippen LogP contribution in [0.1, 0.15) is 35.1 Å². The molecular formula is C16H16O. The fourth-order valence-corrected chi connectivity index (χ4v) is 2.79. The number of fused-ring (bicyclic) bond motifs is 1. The summed E-state index contributed by atoms with van der Waals surface area (Å²) in [5.74, 6) is 0.242. The molecular weight excluding hydrogens is 208 g/mol. The average Bonchev–Trinajstić information content (AvgIpc) is 2.40. The molecule has 2 atom stereocenters. The van der Waals surface area contributed by atoms with Crippen molar-refractivity contribution in [2.45, 2.75) is 24.9 Å². The van der Waals surface area contributed by atoms with E-state index in [9.17, 15) is 5.11 Å². The van der Waals surface area contributed by atoms with E-state index in [-0.39, 0.29) is 12.0 Å². The first-order valence-corrected chi connectivity index (χ1v) is 6.17. The first-order valence-electron chi connectivity index (χ1n) is 6.17. The first kappa shape index (κ1) is 10.5. The van der Waals surface area contributed by atoms with Crippen molar-refractivity contribution in [3.05, 3.63) is 71.3 Å². The molecule has 1 nitrogen and oxygen atoms in total. The van der Waals surface area contributed by atoms with Crippen LogP contribution < -0.4 is 0 Å². The molecule has 2 aromatic rings. The molecule has 3 rings (SSSR count). The van der Waals surface area contributed by atoms with Crippen LogP contribution in [0, 0.1) is 0 Å². The minimum Gasteiger partial charge on any atom is -0.388 e. The fraction of sp³-hybridized carbons (Fsp3) is 0.250. The summed E-state index contributed by atoms with van der Waals surface area (Å²) in [6.45, 7) is 0. The Morgan fingerprint density at radius 1 is 0.882 bits per heavy atom. The molecule has 0 fully saturated rings. The Hall–Kier alpha value is -1.60. The molecule has 0 radical (unpaired) electrons. The number of aliphatic hydroxyl groups excluding tert-OH is 1. The first-order chi connectivity index (χ1) is 8.36. The molecule has 0 amide bonds. The van der Waals surface area contributed by atoms with Crippen LogP contribution in [0.3, 0.4) is 0 Å². The minimum absolute atomic E-state index is 0.242. The summed E-state index contributed by atoms with van der Waals surface area (Å²) >= 11 is 0. The lowest BCUT2D eigenvalue weighted by atomic mass is 9.78. The highest BCUT2D eigenvalue weighted by Crippen LogP contribution is 2.40. The largest absolute Gasteiger partial charge is 0.388 e. The summed E-state index contributed by atoms with van der Waals surface area (Å²) in [5, 5.41) is 10.5. The zero-order chi connectivity index (χ0) is 11.7. The Bertz CT molecular complexity index is 504. The van der Waals surface area contributed by atoms with E-state index < -0.39 is 0 Å². The second-order valence-electron chi connectivity index (χ2n) is 4.70. The van der Waals surface area contributed by atoms with Crippen molar-refractivity contribution in [2.75, 3.05) is 0 Å². The van der Waals surface area contributed by atoms with Crippen LogP contribution in [0.15, 0.2) is 54.6 Å². The highest BCUT2D eigenvalue weighted by molar-refractivity contribution is 5.36. The minimum atomic E-state index is -0.359. The van der Waals surface area contributed by atoms with Crippen LogP contribution in [-0.4, -0.2) is 5.11 Å². The summed E-state index contributed by atoms with van der Waals surface area (Å²) in [4.78, 5) is 0. The SMILES string of the molecule is OC1c2ccccc2CCC1c1ccccc1. The van der Waals surface area contributed by atoms with Gasteiger partial charge in [-0.25, -0.2) is 0 Å². The fourth-order valence-electron chi connectivity index (χ4n) is 2.79. The van der Waals surface area contributed by atoms with Crippen molar-refractivity contribution in [1.29, 1.82) is 0 Å². The van der Waals surface area contributed by atoms with Gasteiger partial charge >= 0.3 is 0 Å². The summed E-state index contributed by atoms with van der Waals surface area (Å²) in [6.07, 6.45) is 1.73. The molecule has 1 aliphatic rings. The molecule has 17 heavy (non-hydrogen) atoms. The van der Waals surface area contributed by atoms with Crippen LogP contribution in [0.2, 0.25) is 0 Å². The van der Waals surface area contributed by atoms with Crippen molar-refractivity contribution in [3.63, 3.8) is 0 Å². The highest BCUT2D eigenvalue weighted by Gasteiger charge is 2.28. The zero-order valence-corrected chi connectivity index (χ0v) is 9.71. The van der Waals surface area contributed by atoms with Gasteiger partial charge in [-0.1, -0.05) is 54.6 Å². The molecule has 0 heterocycles. The quantitative estimate of drug-likeness (QED) is 0.786. The molecule has 86 valence electrons. The molecule has 0 aromatic heterocycles. The van der Waals surface area contributed by atoms with Gasteiger partial charge in [0, 0.05) is 5.92 Å². The number of hydrogen-bond donors (Lipinski definition) is 1. The lowest BCUT2D eigenvalue weighted by Crippen LogP contribution is -2.18. The monoisotopic (exact) mass is 224 g/mol. The third-order valence-corrected chi connectivity index (χ3v) is 3.71. The predicted molar refractivity (Wildman–Crippen MR) is 68.9 cm³/mol. The Morgan fingerprint density at radius 2 is 1.59 bits per heavy atom. The van der Waals surface area contributed by atoms with Crippen LogP contribution in [-0.2, 0) is 6.42 Å². The Morgan fingerprint density at radius 3 is 2.41 bits per heavy atom. The smallest absolute Gasteiger partial charge is 0.0861 e. The van der Waals surface area contributed by atoms with Crippen molar-refractivity contribution >= 4 is 0 Å². The lowest BCUT2D eigenvalue weighted by molar-refractivity contribution is 0.131. The van der Waals surface area contributed by atoms with Gasteiger partial charge in [-0.05, 0) is 29.5 Å². The van der Waals surface area contributed by atoms with Gasteiger partial charge in [0.1, 0.15) is 0 Å². The molecule has 2 aromatic carbocycles. The maximum atomic E-state index is 10.5. The van der Waals surface area contributed by atoms with Gasteiger partial charge in [0.15, 0.2) is 0 Å². The molecule has 0 aliphatic heterocycles. The van der Waals surface area contributed by atoms with Crippen LogP contribution in [0.25, 0.3) is 0 Å². The number of aliphatic hydroxyl groups is 1. The molecule has 0 saturated carbocycles. The van der Waals surface area contributed by atoms with Crippen LogP contribution in [0.5, 0.6) is 0 Å². The van der Waals surface area contributed by atoms with Gasteiger partial charge in [0.05, 0.1) is 6.10 Å². The average molecular weight is 224 g/mol. The summed E-state index contributed by atoms with van der Waals surface area (Å²) in [7, 11) is 0. The van der Waals surface area contributed by atoms with E-state index in [4.69, 9.17) is 0 Å². The zero-order valence-electron chi connectivity index (χ0n) is 9.71.